The van der Waals surface area contributed by atoms with Crippen LogP contribution in [-0.2, 0) is 6.54 Å². The first-order valence-electron chi connectivity index (χ1n) is 6.71. The molecule has 5 heteroatoms. The highest BCUT2D eigenvalue weighted by Crippen LogP contribution is 2.32. The van der Waals surface area contributed by atoms with Gasteiger partial charge in [-0.05, 0) is 31.9 Å². The highest BCUT2D eigenvalue weighted by atomic mass is 16.3. The van der Waals surface area contributed by atoms with Crippen LogP contribution < -0.4 is 10.2 Å². The molecule has 19 heavy (non-hydrogen) atoms. The Balaban J connectivity index is 1.81. The van der Waals surface area contributed by atoms with Crippen molar-refractivity contribution in [1.82, 2.24) is 9.97 Å². The molecule has 2 aromatic heterocycles. The van der Waals surface area contributed by atoms with Crippen LogP contribution in [0.3, 0.4) is 0 Å². The Morgan fingerprint density at radius 1 is 1.42 bits per heavy atom. The SMILES string of the molecule is CCNc1cncc(N(Cc2ccco2)C2CC2)n1. The van der Waals surface area contributed by atoms with Crippen LogP contribution in [0.15, 0.2) is 35.2 Å². The summed E-state index contributed by atoms with van der Waals surface area (Å²) in [7, 11) is 0. The molecule has 2 aromatic rings. The molecule has 1 fully saturated rings. The Hall–Kier alpha value is -2.04. The minimum Gasteiger partial charge on any atom is -0.467 e. The predicted octanol–water partition coefficient (Wildman–Crippen LogP) is 2.67. The standard InChI is InChI=1S/C14H18N4O/c1-2-16-13-8-15-9-14(17-13)18(11-5-6-11)10-12-4-3-7-19-12/h3-4,7-9,11H,2,5-6,10H2,1H3,(H,16,17). The van der Waals surface area contributed by atoms with Gasteiger partial charge >= 0.3 is 0 Å². The van der Waals surface area contributed by atoms with Crippen LogP contribution in [0, 0.1) is 0 Å². The number of hydrogen-bond acceptors (Lipinski definition) is 5. The molecule has 5 nitrogen and oxygen atoms in total. The average molecular weight is 258 g/mol. The molecule has 0 amide bonds. The second-order valence-electron chi connectivity index (χ2n) is 4.73. The van der Waals surface area contributed by atoms with Gasteiger partial charge in [0, 0.05) is 12.6 Å². The minimum atomic E-state index is 0.566. The van der Waals surface area contributed by atoms with Gasteiger partial charge < -0.3 is 14.6 Å². The van der Waals surface area contributed by atoms with Crippen molar-refractivity contribution in [3.05, 3.63) is 36.5 Å². The fourth-order valence-corrected chi connectivity index (χ4v) is 2.11. The number of nitrogens with one attached hydrogen (secondary N) is 1. The molecule has 1 N–H and O–H groups in total. The van der Waals surface area contributed by atoms with Gasteiger partial charge in [-0.3, -0.25) is 4.98 Å². The van der Waals surface area contributed by atoms with Gasteiger partial charge in [-0.2, -0.15) is 0 Å². The van der Waals surface area contributed by atoms with Gasteiger partial charge in [-0.25, -0.2) is 4.98 Å². The van der Waals surface area contributed by atoms with Crippen LogP contribution in [0.5, 0.6) is 0 Å². The van der Waals surface area contributed by atoms with Crippen LogP contribution in [-0.4, -0.2) is 22.6 Å². The highest BCUT2D eigenvalue weighted by Gasteiger charge is 2.30. The predicted molar refractivity (Wildman–Crippen MR) is 74.1 cm³/mol. The third-order valence-electron chi connectivity index (χ3n) is 3.17. The molecule has 0 bridgehead atoms. The second kappa shape index (κ2) is 5.30. The van der Waals surface area contributed by atoms with Gasteiger partial charge in [0.05, 0.1) is 25.2 Å². The van der Waals surface area contributed by atoms with E-state index in [1.165, 1.54) is 12.8 Å². The van der Waals surface area contributed by atoms with Gasteiger partial charge in [0.2, 0.25) is 0 Å². The molecule has 2 heterocycles. The molecular weight excluding hydrogens is 240 g/mol. The zero-order valence-corrected chi connectivity index (χ0v) is 11.0. The summed E-state index contributed by atoms with van der Waals surface area (Å²) in [6.07, 6.45) is 7.72. The lowest BCUT2D eigenvalue weighted by Crippen LogP contribution is -2.26. The van der Waals surface area contributed by atoms with E-state index >= 15 is 0 Å². The van der Waals surface area contributed by atoms with Crippen LogP contribution in [0.2, 0.25) is 0 Å². The molecule has 1 aliphatic rings. The topological polar surface area (TPSA) is 54.2 Å². The molecule has 0 aromatic carbocycles. The Bertz CT molecular complexity index is 522. The molecule has 0 spiro atoms. The Labute approximate surface area is 112 Å². The average Bonchev–Trinajstić information content (AvgIpc) is 3.14. The van der Waals surface area contributed by atoms with E-state index < -0.39 is 0 Å². The fourth-order valence-electron chi connectivity index (χ4n) is 2.11. The summed E-state index contributed by atoms with van der Waals surface area (Å²) in [6.45, 7) is 3.65. The smallest absolute Gasteiger partial charge is 0.150 e. The Kier molecular flexibility index (Phi) is 3.35. The monoisotopic (exact) mass is 258 g/mol. The van der Waals surface area contributed by atoms with Crippen molar-refractivity contribution in [3.8, 4) is 0 Å². The molecule has 0 aliphatic heterocycles. The number of nitrogens with zero attached hydrogens (tertiary/aromatic N) is 3. The van der Waals surface area contributed by atoms with Crippen molar-refractivity contribution >= 4 is 11.6 Å². The van der Waals surface area contributed by atoms with E-state index in [0.717, 1.165) is 30.5 Å². The van der Waals surface area contributed by atoms with E-state index in [1.807, 2.05) is 18.3 Å². The molecule has 0 saturated heterocycles. The van der Waals surface area contributed by atoms with Crippen molar-refractivity contribution in [1.29, 1.82) is 0 Å². The van der Waals surface area contributed by atoms with Gasteiger partial charge in [-0.15, -0.1) is 0 Å². The van der Waals surface area contributed by atoms with E-state index in [2.05, 4.69) is 27.1 Å². The maximum absolute atomic E-state index is 5.44. The number of hydrogen-bond donors (Lipinski definition) is 1. The maximum atomic E-state index is 5.44. The number of furan rings is 1. The molecule has 0 atom stereocenters. The van der Waals surface area contributed by atoms with E-state index in [0.29, 0.717) is 6.04 Å². The zero-order chi connectivity index (χ0) is 13.1. The Morgan fingerprint density at radius 2 is 2.32 bits per heavy atom. The summed E-state index contributed by atoms with van der Waals surface area (Å²) in [5.41, 5.74) is 0. The number of rotatable bonds is 6. The van der Waals surface area contributed by atoms with Gasteiger partial charge in [0.15, 0.2) is 0 Å². The normalized spacial score (nSPS) is 14.4. The largest absolute Gasteiger partial charge is 0.467 e. The summed E-state index contributed by atoms with van der Waals surface area (Å²) >= 11 is 0. The van der Waals surface area contributed by atoms with E-state index in [1.54, 1.807) is 12.5 Å². The summed E-state index contributed by atoms with van der Waals surface area (Å²) in [4.78, 5) is 11.2. The zero-order valence-electron chi connectivity index (χ0n) is 11.0. The Morgan fingerprint density at radius 3 is 3.00 bits per heavy atom. The first-order valence-corrected chi connectivity index (χ1v) is 6.71. The quantitative estimate of drug-likeness (QED) is 0.863. The molecule has 0 radical (unpaired) electrons. The van der Waals surface area contributed by atoms with Crippen molar-refractivity contribution < 1.29 is 4.42 Å². The minimum absolute atomic E-state index is 0.566. The highest BCUT2D eigenvalue weighted by molar-refractivity contribution is 5.45. The lowest BCUT2D eigenvalue weighted by molar-refractivity contribution is 0.500. The van der Waals surface area contributed by atoms with Gasteiger partial charge in [0.25, 0.3) is 0 Å². The van der Waals surface area contributed by atoms with Crippen molar-refractivity contribution in [2.24, 2.45) is 0 Å². The van der Waals surface area contributed by atoms with Crippen molar-refractivity contribution in [3.63, 3.8) is 0 Å². The van der Waals surface area contributed by atoms with Crippen LogP contribution >= 0.6 is 0 Å². The summed E-state index contributed by atoms with van der Waals surface area (Å²) < 4.78 is 5.44. The summed E-state index contributed by atoms with van der Waals surface area (Å²) in [5, 5.41) is 3.20. The third-order valence-corrected chi connectivity index (χ3v) is 3.17. The molecule has 1 aliphatic carbocycles. The van der Waals surface area contributed by atoms with Crippen molar-refractivity contribution in [2.45, 2.75) is 32.4 Å². The number of aromatic nitrogens is 2. The van der Waals surface area contributed by atoms with Crippen molar-refractivity contribution in [2.75, 3.05) is 16.8 Å². The van der Waals surface area contributed by atoms with E-state index in [4.69, 9.17) is 4.42 Å². The van der Waals surface area contributed by atoms with Crippen LogP contribution in [0.25, 0.3) is 0 Å². The van der Waals surface area contributed by atoms with E-state index in [-0.39, 0.29) is 0 Å². The van der Waals surface area contributed by atoms with E-state index in [9.17, 15) is 0 Å². The molecule has 3 rings (SSSR count). The van der Waals surface area contributed by atoms with Crippen LogP contribution in [0.1, 0.15) is 25.5 Å². The maximum Gasteiger partial charge on any atom is 0.150 e. The van der Waals surface area contributed by atoms with Crippen LogP contribution in [0.4, 0.5) is 11.6 Å². The molecule has 100 valence electrons. The summed E-state index contributed by atoms with van der Waals surface area (Å²) in [6, 6.07) is 4.48. The van der Waals surface area contributed by atoms with Gasteiger partial charge in [0.1, 0.15) is 17.4 Å². The molecule has 1 saturated carbocycles. The third kappa shape index (κ3) is 2.86. The lowest BCUT2D eigenvalue weighted by atomic mass is 10.3. The summed E-state index contributed by atoms with van der Waals surface area (Å²) in [5.74, 6) is 2.70. The molecular formula is C14H18N4O. The van der Waals surface area contributed by atoms with Gasteiger partial charge in [-0.1, -0.05) is 0 Å². The number of anilines is 2. The molecule has 0 unspecified atom stereocenters. The first-order chi connectivity index (χ1) is 9.36. The fraction of sp³-hybridized carbons (Fsp3) is 0.429. The second-order valence-corrected chi connectivity index (χ2v) is 4.73. The lowest BCUT2D eigenvalue weighted by Gasteiger charge is -2.22. The first kappa shape index (κ1) is 12.0.